The predicted octanol–water partition coefficient (Wildman–Crippen LogP) is 1.46. The summed E-state index contributed by atoms with van der Waals surface area (Å²) in [5, 5.41) is 0. The number of esters is 1. The fraction of sp³-hybridized carbons (Fsp3) is 0.769. The molecular weight excluding hydrogens is 297 g/mol. The summed E-state index contributed by atoms with van der Waals surface area (Å²) >= 11 is 0. The van der Waals surface area contributed by atoms with Gasteiger partial charge in [0.1, 0.15) is 12.6 Å². The highest BCUT2D eigenvalue weighted by Gasteiger charge is 2.26. The Balaban J connectivity index is 4.04. The molecule has 0 fully saturated rings. The number of likely N-dealkylation sites (N-methyl/N-ethyl adjacent to an activating group) is 1. The van der Waals surface area contributed by atoms with Crippen LogP contribution < -0.4 is 0 Å². The fourth-order valence-electron chi connectivity index (χ4n) is 1.86. The number of ether oxygens (including phenoxy) is 1. The molecular formula is C13H27NO6P+. The van der Waals surface area contributed by atoms with Crippen molar-refractivity contribution in [3.8, 4) is 0 Å². The van der Waals surface area contributed by atoms with Crippen molar-refractivity contribution in [3.63, 3.8) is 0 Å². The summed E-state index contributed by atoms with van der Waals surface area (Å²) in [4.78, 5) is 28.7. The summed E-state index contributed by atoms with van der Waals surface area (Å²) in [5.74, 6) is -0.442. The van der Waals surface area contributed by atoms with Crippen LogP contribution in [0.5, 0.6) is 0 Å². The summed E-state index contributed by atoms with van der Waals surface area (Å²) in [6, 6.07) is 0. The van der Waals surface area contributed by atoms with Gasteiger partial charge in [-0.05, 0) is 19.3 Å². The van der Waals surface area contributed by atoms with Crippen LogP contribution >= 0.6 is 7.82 Å². The molecule has 1 unspecified atom stereocenters. The van der Waals surface area contributed by atoms with E-state index in [9.17, 15) is 9.36 Å². The van der Waals surface area contributed by atoms with Crippen molar-refractivity contribution in [1.29, 1.82) is 0 Å². The van der Waals surface area contributed by atoms with Crippen molar-refractivity contribution in [2.75, 3.05) is 34.3 Å². The molecule has 0 aromatic rings. The van der Waals surface area contributed by atoms with Crippen molar-refractivity contribution < 1.29 is 32.9 Å². The molecule has 0 aliphatic carbocycles. The molecule has 0 saturated carbocycles. The lowest BCUT2D eigenvalue weighted by molar-refractivity contribution is -0.873. The SMILES string of the molecule is C=CC(=O)OCCCCCC(C[N+](C)(C)C)OP(=O)(O)O. The van der Waals surface area contributed by atoms with Gasteiger partial charge in [0.2, 0.25) is 0 Å². The van der Waals surface area contributed by atoms with Crippen LogP contribution in [0.15, 0.2) is 12.7 Å². The summed E-state index contributed by atoms with van der Waals surface area (Å²) in [6.45, 7) is 4.13. The molecule has 0 aliphatic heterocycles. The molecule has 0 heterocycles. The Morgan fingerprint density at radius 3 is 2.38 bits per heavy atom. The van der Waals surface area contributed by atoms with Gasteiger partial charge in [-0.1, -0.05) is 13.0 Å². The Morgan fingerprint density at radius 1 is 1.29 bits per heavy atom. The topological polar surface area (TPSA) is 93.1 Å². The molecule has 0 amide bonds. The lowest BCUT2D eigenvalue weighted by atomic mass is 10.1. The van der Waals surface area contributed by atoms with Crippen molar-refractivity contribution in [2.24, 2.45) is 0 Å². The van der Waals surface area contributed by atoms with Gasteiger partial charge >= 0.3 is 13.8 Å². The first kappa shape index (κ1) is 20.3. The third-order valence-electron chi connectivity index (χ3n) is 2.62. The lowest BCUT2D eigenvalue weighted by Gasteiger charge is -2.29. The normalized spacial score (nSPS) is 13.8. The summed E-state index contributed by atoms with van der Waals surface area (Å²) in [5.41, 5.74) is 0. The van der Waals surface area contributed by atoms with Crippen molar-refractivity contribution >= 4 is 13.8 Å². The van der Waals surface area contributed by atoms with E-state index in [4.69, 9.17) is 19.0 Å². The van der Waals surface area contributed by atoms with Crippen LogP contribution in [0.1, 0.15) is 25.7 Å². The van der Waals surface area contributed by atoms with Crippen LogP contribution in [0.4, 0.5) is 0 Å². The molecule has 0 aromatic carbocycles. The molecule has 21 heavy (non-hydrogen) atoms. The molecule has 1 atom stereocenters. The molecule has 0 radical (unpaired) electrons. The monoisotopic (exact) mass is 324 g/mol. The number of phosphoric ester groups is 1. The van der Waals surface area contributed by atoms with Gasteiger partial charge in [0.15, 0.2) is 0 Å². The summed E-state index contributed by atoms with van der Waals surface area (Å²) in [6.07, 6.45) is 3.41. The van der Waals surface area contributed by atoms with Gasteiger partial charge in [-0.2, -0.15) is 0 Å². The number of rotatable bonds is 11. The highest BCUT2D eigenvalue weighted by Crippen LogP contribution is 2.38. The van der Waals surface area contributed by atoms with E-state index < -0.39 is 19.9 Å². The third-order valence-corrected chi connectivity index (χ3v) is 3.19. The number of quaternary nitrogens is 1. The van der Waals surface area contributed by atoms with E-state index in [0.717, 1.165) is 18.9 Å². The van der Waals surface area contributed by atoms with Gasteiger partial charge in [0.25, 0.3) is 0 Å². The Bertz CT molecular complexity index is 373. The highest BCUT2D eigenvalue weighted by molar-refractivity contribution is 7.46. The second kappa shape index (κ2) is 9.33. The van der Waals surface area contributed by atoms with E-state index in [1.54, 1.807) is 0 Å². The molecule has 0 bridgehead atoms. The van der Waals surface area contributed by atoms with Crippen molar-refractivity contribution in [1.82, 2.24) is 0 Å². The first-order chi connectivity index (χ1) is 9.53. The Morgan fingerprint density at radius 2 is 1.90 bits per heavy atom. The van der Waals surface area contributed by atoms with Crippen LogP contribution in [-0.4, -0.2) is 60.6 Å². The van der Waals surface area contributed by atoms with Gasteiger partial charge in [0, 0.05) is 6.08 Å². The average Bonchev–Trinajstić information content (AvgIpc) is 2.28. The van der Waals surface area contributed by atoms with E-state index in [2.05, 4.69) is 6.58 Å². The standard InChI is InChI=1S/C13H26NO6P/c1-5-13(15)19-10-8-6-7-9-12(11-14(2,3)4)20-21(16,17)18/h5,12H,1,6-11H2,2-4H3,(H-,16,17,18)/p+1. The summed E-state index contributed by atoms with van der Waals surface area (Å²) in [7, 11) is 1.33. The van der Waals surface area contributed by atoms with Gasteiger partial charge < -0.3 is 19.0 Å². The van der Waals surface area contributed by atoms with Crippen LogP contribution in [0.25, 0.3) is 0 Å². The van der Waals surface area contributed by atoms with Gasteiger partial charge in [-0.3, -0.25) is 4.52 Å². The molecule has 0 saturated heterocycles. The van der Waals surface area contributed by atoms with E-state index in [-0.39, 0.29) is 0 Å². The number of nitrogens with zero attached hydrogens (tertiary/aromatic N) is 1. The molecule has 7 nitrogen and oxygen atoms in total. The van der Waals surface area contributed by atoms with Crippen LogP contribution in [0.2, 0.25) is 0 Å². The van der Waals surface area contributed by atoms with Crippen LogP contribution in [0, 0.1) is 0 Å². The first-order valence-corrected chi connectivity index (χ1v) is 8.40. The zero-order chi connectivity index (χ0) is 16.5. The zero-order valence-corrected chi connectivity index (χ0v) is 13.9. The molecule has 2 N–H and O–H groups in total. The van der Waals surface area contributed by atoms with E-state index in [1.165, 1.54) is 0 Å². The molecule has 0 rings (SSSR count). The number of carbonyl (C=O) groups excluding carboxylic acids is 1. The quantitative estimate of drug-likeness (QED) is 0.196. The van der Waals surface area contributed by atoms with Crippen molar-refractivity contribution in [2.45, 2.75) is 31.8 Å². The first-order valence-electron chi connectivity index (χ1n) is 6.87. The predicted molar refractivity (Wildman–Crippen MR) is 79.4 cm³/mol. The Kier molecular flexibility index (Phi) is 9.01. The minimum absolute atomic E-state index is 0.324. The largest absolute Gasteiger partial charge is 0.470 e. The molecule has 0 spiro atoms. The smallest absolute Gasteiger partial charge is 0.463 e. The van der Waals surface area contributed by atoms with Gasteiger partial charge in [-0.15, -0.1) is 0 Å². The van der Waals surface area contributed by atoms with Crippen molar-refractivity contribution in [3.05, 3.63) is 12.7 Å². The third kappa shape index (κ3) is 14.0. The minimum Gasteiger partial charge on any atom is -0.463 e. The molecule has 0 aliphatic rings. The summed E-state index contributed by atoms with van der Waals surface area (Å²) < 4.78 is 21.2. The number of unbranched alkanes of at least 4 members (excludes halogenated alkanes) is 2. The van der Waals surface area contributed by atoms with E-state index in [1.807, 2.05) is 21.1 Å². The zero-order valence-electron chi connectivity index (χ0n) is 13.0. The number of carbonyl (C=O) groups is 1. The second-order valence-electron chi connectivity index (χ2n) is 5.91. The highest BCUT2D eigenvalue weighted by atomic mass is 31.2. The second-order valence-corrected chi connectivity index (χ2v) is 7.10. The van der Waals surface area contributed by atoms with Gasteiger partial charge in [-0.25, -0.2) is 9.36 Å². The van der Waals surface area contributed by atoms with E-state index >= 15 is 0 Å². The number of hydrogen-bond acceptors (Lipinski definition) is 4. The molecule has 8 heteroatoms. The Labute approximate surface area is 126 Å². The minimum atomic E-state index is -4.48. The number of phosphoric acid groups is 1. The maximum Gasteiger partial charge on any atom is 0.470 e. The van der Waals surface area contributed by atoms with Gasteiger partial charge in [0.05, 0.1) is 27.7 Å². The number of hydrogen-bond donors (Lipinski definition) is 2. The van der Waals surface area contributed by atoms with Crippen LogP contribution in [-0.2, 0) is 18.6 Å². The fourth-order valence-corrected chi connectivity index (χ4v) is 2.43. The lowest BCUT2D eigenvalue weighted by Crippen LogP contribution is -2.42. The maximum atomic E-state index is 11.0. The van der Waals surface area contributed by atoms with E-state index in [0.29, 0.717) is 30.5 Å². The Hall–Kier alpha value is -0.720. The average molecular weight is 324 g/mol. The molecule has 124 valence electrons. The maximum absolute atomic E-state index is 11.0. The van der Waals surface area contributed by atoms with Crippen LogP contribution in [0.3, 0.4) is 0 Å². The molecule has 0 aromatic heterocycles.